The Kier molecular flexibility index (Phi) is 16.4. The Morgan fingerprint density at radius 1 is 0.963 bits per heavy atom. The fraction of sp³-hybridized carbons (Fsp3) is 0.960. The van der Waals surface area contributed by atoms with Crippen LogP contribution in [0.1, 0.15) is 127 Å². The molecule has 2 heteroatoms. The number of hydrogen-bond donors (Lipinski definition) is 0. The molecule has 2 nitrogen and oxygen atoms in total. The van der Waals surface area contributed by atoms with Gasteiger partial charge in [0.05, 0.1) is 0 Å². The number of nitrogens with zero attached hydrogens (tertiary/aromatic N) is 1. The quantitative estimate of drug-likeness (QED) is 0.435. The van der Waals surface area contributed by atoms with Crippen molar-refractivity contribution in [2.45, 2.75) is 127 Å². The van der Waals surface area contributed by atoms with Gasteiger partial charge in [-0.1, -0.05) is 88.0 Å². The molecule has 0 aromatic carbocycles. The Morgan fingerprint density at radius 2 is 1.44 bits per heavy atom. The van der Waals surface area contributed by atoms with Gasteiger partial charge in [-0.3, -0.25) is 4.79 Å². The molecule has 164 valence electrons. The standard InChI is InChI=1S/C16H31NO.C7H16.C2H6/c1-5-8-16(13-15(6-2)7-3)9-11-17(12-10-16)14(4)18;1-5-6-7(2,3)4;1-2/h15H,5-13H2,1-4H3;5-6H2,1-4H3;1-2H3. The van der Waals surface area contributed by atoms with E-state index in [0.717, 1.165) is 19.0 Å². The molecular formula is C25H53NO. The number of carbonyl (C=O) groups is 1. The summed E-state index contributed by atoms with van der Waals surface area (Å²) in [4.78, 5) is 13.5. The Balaban J connectivity index is 0. The van der Waals surface area contributed by atoms with Gasteiger partial charge in [-0.15, -0.1) is 0 Å². The molecular weight excluding hydrogens is 330 g/mol. The van der Waals surface area contributed by atoms with E-state index in [0.29, 0.717) is 10.8 Å². The summed E-state index contributed by atoms with van der Waals surface area (Å²) in [5, 5.41) is 0. The first-order chi connectivity index (χ1) is 12.6. The van der Waals surface area contributed by atoms with Gasteiger partial charge >= 0.3 is 0 Å². The molecule has 1 aliphatic rings. The van der Waals surface area contributed by atoms with Gasteiger partial charge < -0.3 is 4.90 Å². The molecule has 1 heterocycles. The van der Waals surface area contributed by atoms with E-state index in [1.807, 2.05) is 18.7 Å². The summed E-state index contributed by atoms with van der Waals surface area (Å²) >= 11 is 0. The maximum Gasteiger partial charge on any atom is 0.219 e. The molecule has 0 aromatic heterocycles. The zero-order valence-electron chi connectivity index (χ0n) is 20.7. The monoisotopic (exact) mass is 383 g/mol. The van der Waals surface area contributed by atoms with E-state index in [2.05, 4.69) is 48.5 Å². The van der Waals surface area contributed by atoms with Crippen LogP contribution in [0.5, 0.6) is 0 Å². The lowest BCUT2D eigenvalue weighted by atomic mass is 9.68. The summed E-state index contributed by atoms with van der Waals surface area (Å²) in [6.07, 6.45) is 11.7. The van der Waals surface area contributed by atoms with Crippen molar-refractivity contribution in [2.24, 2.45) is 16.7 Å². The van der Waals surface area contributed by atoms with E-state index in [1.165, 1.54) is 57.8 Å². The maximum absolute atomic E-state index is 11.4. The number of piperidine rings is 1. The third-order valence-corrected chi connectivity index (χ3v) is 5.93. The van der Waals surface area contributed by atoms with Crippen molar-refractivity contribution in [1.82, 2.24) is 4.90 Å². The summed E-state index contributed by atoms with van der Waals surface area (Å²) in [6, 6.07) is 0. The third-order valence-electron chi connectivity index (χ3n) is 5.93. The van der Waals surface area contributed by atoms with Crippen LogP contribution in [0.4, 0.5) is 0 Å². The predicted molar refractivity (Wildman–Crippen MR) is 123 cm³/mol. The molecule has 0 saturated carbocycles. The lowest BCUT2D eigenvalue weighted by Gasteiger charge is -2.43. The van der Waals surface area contributed by atoms with Crippen molar-refractivity contribution in [3.8, 4) is 0 Å². The molecule has 1 rings (SSSR count). The van der Waals surface area contributed by atoms with Gasteiger partial charge in [0.15, 0.2) is 0 Å². The number of hydrogen-bond acceptors (Lipinski definition) is 1. The summed E-state index contributed by atoms with van der Waals surface area (Å²) in [5.41, 5.74) is 1.08. The molecule has 1 aliphatic heterocycles. The van der Waals surface area contributed by atoms with Gasteiger partial charge in [-0.25, -0.2) is 0 Å². The van der Waals surface area contributed by atoms with Crippen LogP contribution in [0.3, 0.4) is 0 Å². The summed E-state index contributed by atoms with van der Waals surface area (Å²) in [6.45, 7) is 23.6. The van der Waals surface area contributed by atoms with Crippen LogP contribution in [-0.2, 0) is 4.79 Å². The lowest BCUT2D eigenvalue weighted by Crippen LogP contribution is -2.43. The third kappa shape index (κ3) is 13.3. The fourth-order valence-corrected chi connectivity index (χ4v) is 4.32. The molecule has 0 bridgehead atoms. The highest BCUT2D eigenvalue weighted by Gasteiger charge is 2.35. The van der Waals surface area contributed by atoms with E-state index in [-0.39, 0.29) is 5.91 Å². The fourth-order valence-electron chi connectivity index (χ4n) is 4.32. The second-order valence-corrected chi connectivity index (χ2v) is 9.45. The molecule has 0 atom stereocenters. The smallest absolute Gasteiger partial charge is 0.219 e. The minimum atomic E-state index is 0.252. The first kappa shape index (κ1) is 28.7. The average Bonchev–Trinajstić information content (AvgIpc) is 2.61. The highest BCUT2D eigenvalue weighted by Crippen LogP contribution is 2.43. The van der Waals surface area contributed by atoms with Crippen LogP contribution in [-0.4, -0.2) is 23.9 Å². The Morgan fingerprint density at radius 3 is 1.70 bits per heavy atom. The van der Waals surface area contributed by atoms with Crippen LogP contribution in [0.15, 0.2) is 0 Å². The highest BCUT2D eigenvalue weighted by atomic mass is 16.2. The number of rotatable bonds is 7. The normalized spacial score (nSPS) is 16.2. The molecule has 1 fully saturated rings. The van der Waals surface area contributed by atoms with Crippen LogP contribution in [0, 0.1) is 16.7 Å². The highest BCUT2D eigenvalue weighted by molar-refractivity contribution is 5.73. The Hall–Kier alpha value is -0.530. The van der Waals surface area contributed by atoms with Crippen molar-refractivity contribution in [1.29, 1.82) is 0 Å². The minimum Gasteiger partial charge on any atom is -0.343 e. The van der Waals surface area contributed by atoms with E-state index in [4.69, 9.17) is 0 Å². The Bertz CT molecular complexity index is 344. The van der Waals surface area contributed by atoms with Crippen LogP contribution < -0.4 is 0 Å². The zero-order chi connectivity index (χ0) is 21.5. The largest absolute Gasteiger partial charge is 0.343 e. The van der Waals surface area contributed by atoms with E-state index < -0.39 is 0 Å². The minimum absolute atomic E-state index is 0.252. The van der Waals surface area contributed by atoms with E-state index in [1.54, 1.807) is 6.92 Å². The first-order valence-electron chi connectivity index (χ1n) is 11.9. The first-order valence-corrected chi connectivity index (χ1v) is 11.9. The SMILES string of the molecule is CC.CCCC(C)(C)C.CCCC1(CC(CC)CC)CCN(C(C)=O)CC1. The molecule has 0 aliphatic carbocycles. The molecule has 0 aromatic rings. The molecule has 0 radical (unpaired) electrons. The van der Waals surface area contributed by atoms with Gasteiger partial charge in [0.2, 0.25) is 5.91 Å². The lowest BCUT2D eigenvalue weighted by molar-refractivity contribution is -0.131. The summed E-state index contributed by atoms with van der Waals surface area (Å²) < 4.78 is 0. The zero-order valence-corrected chi connectivity index (χ0v) is 20.7. The van der Waals surface area contributed by atoms with Crippen molar-refractivity contribution >= 4 is 5.91 Å². The number of carbonyl (C=O) groups excluding carboxylic acids is 1. The van der Waals surface area contributed by atoms with Gasteiger partial charge in [0, 0.05) is 20.0 Å². The van der Waals surface area contributed by atoms with E-state index >= 15 is 0 Å². The van der Waals surface area contributed by atoms with Crippen molar-refractivity contribution < 1.29 is 4.79 Å². The van der Waals surface area contributed by atoms with Crippen LogP contribution in [0.2, 0.25) is 0 Å². The van der Waals surface area contributed by atoms with Crippen molar-refractivity contribution in [3.63, 3.8) is 0 Å². The van der Waals surface area contributed by atoms with E-state index in [9.17, 15) is 4.79 Å². The molecule has 1 amide bonds. The molecule has 0 spiro atoms. The average molecular weight is 384 g/mol. The molecule has 0 N–H and O–H groups in total. The summed E-state index contributed by atoms with van der Waals surface area (Å²) in [7, 11) is 0. The van der Waals surface area contributed by atoms with Crippen molar-refractivity contribution in [2.75, 3.05) is 13.1 Å². The maximum atomic E-state index is 11.4. The second-order valence-electron chi connectivity index (χ2n) is 9.45. The Labute approximate surface area is 172 Å². The number of amides is 1. The number of likely N-dealkylation sites (tertiary alicyclic amines) is 1. The van der Waals surface area contributed by atoms with Crippen LogP contribution >= 0.6 is 0 Å². The van der Waals surface area contributed by atoms with Gasteiger partial charge in [0.1, 0.15) is 0 Å². The molecule has 27 heavy (non-hydrogen) atoms. The predicted octanol–water partition coefficient (Wildman–Crippen LogP) is 8.10. The molecule has 1 saturated heterocycles. The van der Waals surface area contributed by atoms with Gasteiger partial charge in [-0.05, 0) is 48.9 Å². The van der Waals surface area contributed by atoms with Crippen molar-refractivity contribution in [3.05, 3.63) is 0 Å². The van der Waals surface area contributed by atoms with Gasteiger partial charge in [0.25, 0.3) is 0 Å². The van der Waals surface area contributed by atoms with Crippen LogP contribution in [0.25, 0.3) is 0 Å². The second kappa shape index (κ2) is 15.4. The molecule has 0 unspecified atom stereocenters. The van der Waals surface area contributed by atoms with Gasteiger partial charge in [-0.2, -0.15) is 0 Å². The topological polar surface area (TPSA) is 20.3 Å². The summed E-state index contributed by atoms with van der Waals surface area (Å²) in [5.74, 6) is 1.13.